The number of methoxy groups -OCH3 is 2. The number of hydrogen-bond acceptors (Lipinski definition) is 5. The zero-order chi connectivity index (χ0) is 12.7. The van der Waals surface area contributed by atoms with E-state index in [1.54, 1.807) is 12.1 Å². The predicted octanol–water partition coefficient (Wildman–Crippen LogP) is -0.173. The molecule has 0 saturated carbocycles. The van der Waals surface area contributed by atoms with Crippen molar-refractivity contribution in [1.82, 2.24) is 10.3 Å². The number of pyridine rings is 1. The molecule has 0 aromatic carbocycles. The van der Waals surface area contributed by atoms with Crippen molar-refractivity contribution in [2.45, 2.75) is 6.10 Å². The van der Waals surface area contributed by atoms with Crippen LogP contribution in [-0.4, -0.2) is 49.5 Å². The van der Waals surface area contributed by atoms with Crippen molar-refractivity contribution in [3.05, 3.63) is 23.9 Å². The Hall–Kier alpha value is -1.66. The molecule has 1 unspecified atom stereocenters. The maximum atomic E-state index is 11.6. The number of carbonyl (C=O) groups excluding carboxylic acids is 1. The molecule has 0 aliphatic carbocycles. The first-order valence-electron chi connectivity index (χ1n) is 5.12. The van der Waals surface area contributed by atoms with Crippen LogP contribution in [0, 0.1) is 0 Å². The van der Waals surface area contributed by atoms with Gasteiger partial charge in [-0.1, -0.05) is 0 Å². The topological polar surface area (TPSA) is 80.7 Å². The maximum Gasteiger partial charge on any atom is 0.252 e. The first-order valence-corrected chi connectivity index (χ1v) is 5.12. The Kier molecular flexibility index (Phi) is 5.38. The van der Waals surface area contributed by atoms with Gasteiger partial charge in [0.25, 0.3) is 5.91 Å². The lowest BCUT2D eigenvalue weighted by Crippen LogP contribution is -2.34. The number of aliphatic hydroxyl groups is 1. The monoisotopic (exact) mass is 240 g/mol. The summed E-state index contributed by atoms with van der Waals surface area (Å²) in [4.78, 5) is 15.5. The molecule has 1 atom stereocenters. The minimum absolute atomic E-state index is 0.138. The molecule has 1 aromatic heterocycles. The largest absolute Gasteiger partial charge is 0.481 e. The lowest BCUT2D eigenvalue weighted by Gasteiger charge is -2.10. The molecule has 0 spiro atoms. The Morgan fingerprint density at radius 3 is 2.82 bits per heavy atom. The van der Waals surface area contributed by atoms with E-state index in [2.05, 4.69) is 10.3 Å². The first-order chi connectivity index (χ1) is 8.17. The molecular formula is C11H16N2O4. The lowest BCUT2D eigenvalue weighted by atomic mass is 10.2. The Bertz CT molecular complexity index is 353. The summed E-state index contributed by atoms with van der Waals surface area (Å²) < 4.78 is 9.62. The van der Waals surface area contributed by atoms with E-state index in [1.165, 1.54) is 20.4 Å². The summed E-state index contributed by atoms with van der Waals surface area (Å²) >= 11 is 0. The van der Waals surface area contributed by atoms with E-state index in [9.17, 15) is 9.90 Å². The number of rotatable bonds is 6. The van der Waals surface area contributed by atoms with Crippen LogP contribution >= 0.6 is 0 Å². The summed E-state index contributed by atoms with van der Waals surface area (Å²) in [6.45, 7) is 0.319. The fourth-order valence-electron chi connectivity index (χ4n) is 1.20. The Morgan fingerprint density at radius 1 is 1.53 bits per heavy atom. The zero-order valence-electron chi connectivity index (χ0n) is 9.84. The molecule has 6 heteroatoms. The van der Waals surface area contributed by atoms with Gasteiger partial charge in [-0.15, -0.1) is 0 Å². The van der Waals surface area contributed by atoms with E-state index in [-0.39, 0.29) is 19.1 Å². The summed E-state index contributed by atoms with van der Waals surface area (Å²) in [6.07, 6.45) is 0.701. The average Bonchev–Trinajstić information content (AvgIpc) is 2.36. The van der Waals surface area contributed by atoms with Crippen LogP contribution in [0.25, 0.3) is 0 Å². The Labute approximate surface area is 99.6 Å². The van der Waals surface area contributed by atoms with Gasteiger partial charge in [-0.05, 0) is 6.07 Å². The number of hydrogen-bond donors (Lipinski definition) is 2. The van der Waals surface area contributed by atoms with Crippen molar-refractivity contribution in [2.24, 2.45) is 0 Å². The Balaban J connectivity index is 2.46. The second-order valence-corrected chi connectivity index (χ2v) is 3.41. The van der Waals surface area contributed by atoms with Crippen LogP contribution in [0.1, 0.15) is 10.4 Å². The summed E-state index contributed by atoms with van der Waals surface area (Å²) in [7, 11) is 2.99. The molecule has 1 aromatic rings. The van der Waals surface area contributed by atoms with E-state index >= 15 is 0 Å². The van der Waals surface area contributed by atoms with Crippen molar-refractivity contribution < 1.29 is 19.4 Å². The third-order valence-electron chi connectivity index (χ3n) is 2.06. The number of nitrogens with one attached hydrogen (secondary N) is 1. The Morgan fingerprint density at radius 2 is 2.29 bits per heavy atom. The third-order valence-corrected chi connectivity index (χ3v) is 2.06. The average molecular weight is 240 g/mol. The number of carbonyl (C=O) groups is 1. The van der Waals surface area contributed by atoms with Gasteiger partial charge in [0.1, 0.15) is 0 Å². The van der Waals surface area contributed by atoms with Gasteiger partial charge in [0, 0.05) is 25.9 Å². The smallest absolute Gasteiger partial charge is 0.252 e. The molecule has 1 heterocycles. The predicted molar refractivity (Wildman–Crippen MR) is 61.0 cm³/mol. The van der Waals surface area contributed by atoms with Gasteiger partial charge in [0.15, 0.2) is 0 Å². The lowest BCUT2D eigenvalue weighted by molar-refractivity contribution is 0.0609. The zero-order valence-corrected chi connectivity index (χ0v) is 9.84. The van der Waals surface area contributed by atoms with Gasteiger partial charge in [0.05, 0.1) is 25.4 Å². The van der Waals surface area contributed by atoms with Gasteiger partial charge in [-0.2, -0.15) is 0 Å². The van der Waals surface area contributed by atoms with Gasteiger partial charge >= 0.3 is 0 Å². The van der Waals surface area contributed by atoms with Crippen molar-refractivity contribution in [3.63, 3.8) is 0 Å². The highest BCUT2D eigenvalue weighted by molar-refractivity contribution is 5.93. The van der Waals surface area contributed by atoms with Crippen LogP contribution in [0.3, 0.4) is 0 Å². The fourth-order valence-corrected chi connectivity index (χ4v) is 1.20. The highest BCUT2D eigenvalue weighted by Crippen LogP contribution is 2.06. The van der Waals surface area contributed by atoms with Crippen LogP contribution in [0.15, 0.2) is 18.3 Å². The number of aliphatic hydroxyl groups excluding tert-OH is 1. The SMILES string of the molecule is COCC(O)CNC(=O)c1ccc(OC)nc1. The molecule has 0 saturated heterocycles. The van der Waals surface area contributed by atoms with Gasteiger partial charge in [-0.25, -0.2) is 4.98 Å². The highest BCUT2D eigenvalue weighted by Gasteiger charge is 2.09. The third kappa shape index (κ3) is 4.38. The quantitative estimate of drug-likeness (QED) is 0.721. The maximum absolute atomic E-state index is 11.6. The molecule has 1 amide bonds. The van der Waals surface area contributed by atoms with Crippen LogP contribution in [0.5, 0.6) is 5.88 Å². The minimum Gasteiger partial charge on any atom is -0.481 e. The van der Waals surface area contributed by atoms with E-state index in [0.717, 1.165) is 0 Å². The van der Waals surface area contributed by atoms with Gasteiger partial charge in [0.2, 0.25) is 5.88 Å². The number of amides is 1. The summed E-state index contributed by atoms with van der Waals surface area (Å²) in [6, 6.07) is 3.20. The second kappa shape index (κ2) is 6.82. The van der Waals surface area contributed by atoms with E-state index in [4.69, 9.17) is 9.47 Å². The van der Waals surface area contributed by atoms with E-state index < -0.39 is 6.10 Å². The second-order valence-electron chi connectivity index (χ2n) is 3.41. The van der Waals surface area contributed by atoms with Gasteiger partial charge in [-0.3, -0.25) is 4.79 Å². The van der Waals surface area contributed by atoms with Crippen LogP contribution < -0.4 is 10.1 Å². The highest BCUT2D eigenvalue weighted by atomic mass is 16.5. The minimum atomic E-state index is -0.713. The summed E-state index contributed by atoms with van der Waals surface area (Å²) in [5.74, 6) is 0.149. The molecular weight excluding hydrogens is 224 g/mol. The first kappa shape index (κ1) is 13.4. The van der Waals surface area contributed by atoms with E-state index in [1.807, 2.05) is 0 Å². The van der Waals surface area contributed by atoms with Crippen molar-refractivity contribution in [2.75, 3.05) is 27.4 Å². The molecule has 0 aliphatic heterocycles. The standard InChI is InChI=1S/C11H16N2O4/c1-16-7-9(14)6-13-11(15)8-3-4-10(17-2)12-5-8/h3-5,9,14H,6-7H2,1-2H3,(H,13,15). The van der Waals surface area contributed by atoms with Crippen LogP contribution in [0.2, 0.25) is 0 Å². The molecule has 0 aliphatic rings. The van der Waals surface area contributed by atoms with Crippen LogP contribution in [0.4, 0.5) is 0 Å². The molecule has 1 rings (SSSR count). The normalized spacial score (nSPS) is 11.9. The molecule has 6 nitrogen and oxygen atoms in total. The van der Waals surface area contributed by atoms with Crippen molar-refractivity contribution in [1.29, 1.82) is 0 Å². The van der Waals surface area contributed by atoms with E-state index in [0.29, 0.717) is 11.4 Å². The molecule has 0 radical (unpaired) electrons. The molecule has 2 N–H and O–H groups in total. The summed E-state index contributed by atoms with van der Waals surface area (Å²) in [5, 5.41) is 11.9. The molecule has 17 heavy (non-hydrogen) atoms. The molecule has 94 valence electrons. The van der Waals surface area contributed by atoms with Crippen molar-refractivity contribution >= 4 is 5.91 Å². The number of nitrogens with zero attached hydrogens (tertiary/aromatic N) is 1. The van der Waals surface area contributed by atoms with Crippen LogP contribution in [-0.2, 0) is 4.74 Å². The molecule has 0 fully saturated rings. The number of ether oxygens (including phenoxy) is 2. The van der Waals surface area contributed by atoms with Crippen molar-refractivity contribution in [3.8, 4) is 5.88 Å². The molecule has 0 bridgehead atoms. The fraction of sp³-hybridized carbons (Fsp3) is 0.455. The summed E-state index contributed by atoms with van der Waals surface area (Å²) in [5.41, 5.74) is 0.412. The van der Waals surface area contributed by atoms with Gasteiger partial charge < -0.3 is 19.9 Å². The number of aromatic nitrogens is 1.